The number of thioether (sulfide) groups is 1. The molecule has 1 aliphatic rings. The third-order valence-electron chi connectivity index (χ3n) is 2.72. The number of hydrogen-bond donors (Lipinski definition) is 2. The summed E-state index contributed by atoms with van der Waals surface area (Å²) in [5.74, 6) is 1.88. The number of nitrogens with two attached hydrogens (primary N) is 1. The Kier molecular flexibility index (Phi) is 8.63. The number of unbranched alkanes of at least 4 members (excludes halogenated alkanes) is 1. The van der Waals surface area contributed by atoms with Gasteiger partial charge in [0.15, 0.2) is 5.96 Å². The summed E-state index contributed by atoms with van der Waals surface area (Å²) in [4.78, 5) is 4.41. The highest BCUT2D eigenvalue weighted by Gasteiger charge is 2.28. The molecule has 0 aromatic heterocycles. The molecule has 0 aromatic rings. The van der Waals surface area contributed by atoms with E-state index in [9.17, 15) is 0 Å². The standard InChI is InChI=1S/C11H23N3S.HI/c1-3-4-7-13-10(12)14-9-11(2)6-5-8-15-11;/h3-9H2,1-2H3,(H3,12,13,14);1H. The summed E-state index contributed by atoms with van der Waals surface area (Å²) in [6, 6.07) is 0. The minimum atomic E-state index is 0. The van der Waals surface area contributed by atoms with Gasteiger partial charge in [-0.1, -0.05) is 13.3 Å². The van der Waals surface area contributed by atoms with E-state index in [2.05, 4.69) is 24.2 Å². The first-order chi connectivity index (χ1) is 7.16. The summed E-state index contributed by atoms with van der Waals surface area (Å²) in [6.07, 6.45) is 4.93. The van der Waals surface area contributed by atoms with Crippen molar-refractivity contribution in [2.45, 2.75) is 44.3 Å². The topological polar surface area (TPSA) is 50.4 Å². The summed E-state index contributed by atoms with van der Waals surface area (Å²) >= 11 is 2.02. The van der Waals surface area contributed by atoms with E-state index in [0.29, 0.717) is 10.7 Å². The van der Waals surface area contributed by atoms with Crippen LogP contribution in [0.1, 0.15) is 39.5 Å². The zero-order valence-electron chi connectivity index (χ0n) is 10.3. The number of hydrogen-bond acceptors (Lipinski definition) is 2. The number of aliphatic imine (C=N–C) groups is 1. The van der Waals surface area contributed by atoms with E-state index in [0.717, 1.165) is 19.5 Å². The molecule has 1 fully saturated rings. The fraction of sp³-hybridized carbons (Fsp3) is 0.909. The molecule has 16 heavy (non-hydrogen) atoms. The van der Waals surface area contributed by atoms with Crippen molar-refractivity contribution in [2.24, 2.45) is 10.7 Å². The monoisotopic (exact) mass is 357 g/mol. The van der Waals surface area contributed by atoms with Gasteiger partial charge < -0.3 is 11.1 Å². The molecule has 0 aliphatic carbocycles. The second-order valence-electron chi connectivity index (χ2n) is 4.38. The van der Waals surface area contributed by atoms with E-state index >= 15 is 0 Å². The molecule has 0 aromatic carbocycles. The van der Waals surface area contributed by atoms with Gasteiger partial charge in [-0.3, -0.25) is 4.99 Å². The summed E-state index contributed by atoms with van der Waals surface area (Å²) in [7, 11) is 0. The van der Waals surface area contributed by atoms with E-state index in [1.165, 1.54) is 25.0 Å². The maximum Gasteiger partial charge on any atom is 0.188 e. The molecule has 0 amide bonds. The molecule has 5 heteroatoms. The number of nitrogens with zero attached hydrogens (tertiary/aromatic N) is 1. The number of rotatable bonds is 5. The number of halogens is 1. The van der Waals surface area contributed by atoms with Crippen LogP contribution in [-0.4, -0.2) is 29.5 Å². The minimum absolute atomic E-state index is 0. The lowest BCUT2D eigenvalue weighted by molar-refractivity contribution is 0.616. The molecule has 1 unspecified atom stereocenters. The molecule has 0 saturated carbocycles. The highest BCUT2D eigenvalue weighted by atomic mass is 127. The van der Waals surface area contributed by atoms with Gasteiger partial charge in [0.2, 0.25) is 0 Å². The molecule has 1 heterocycles. The third-order valence-corrected chi connectivity index (χ3v) is 4.24. The first-order valence-electron chi connectivity index (χ1n) is 5.84. The van der Waals surface area contributed by atoms with Crippen LogP contribution in [0.25, 0.3) is 0 Å². The largest absolute Gasteiger partial charge is 0.370 e. The zero-order chi connectivity index (χ0) is 11.1. The Morgan fingerprint density at radius 2 is 2.31 bits per heavy atom. The van der Waals surface area contributed by atoms with Crippen LogP contribution >= 0.6 is 35.7 Å². The van der Waals surface area contributed by atoms with Crippen LogP contribution in [0.15, 0.2) is 4.99 Å². The Balaban J connectivity index is 0.00000225. The summed E-state index contributed by atoms with van der Waals surface area (Å²) < 4.78 is 0.330. The molecule has 96 valence electrons. The van der Waals surface area contributed by atoms with Crippen LogP contribution < -0.4 is 11.1 Å². The van der Waals surface area contributed by atoms with Crippen LogP contribution in [0.3, 0.4) is 0 Å². The predicted octanol–water partition coefficient (Wildman–Crippen LogP) is 2.59. The Morgan fingerprint density at radius 1 is 1.56 bits per heavy atom. The lowest BCUT2D eigenvalue weighted by Gasteiger charge is -2.19. The highest BCUT2D eigenvalue weighted by Crippen LogP contribution is 2.37. The van der Waals surface area contributed by atoms with Crippen molar-refractivity contribution in [2.75, 3.05) is 18.8 Å². The molecule has 1 atom stereocenters. The minimum Gasteiger partial charge on any atom is -0.370 e. The van der Waals surface area contributed by atoms with Gasteiger partial charge in [-0.15, -0.1) is 24.0 Å². The van der Waals surface area contributed by atoms with Crippen molar-refractivity contribution in [3.63, 3.8) is 0 Å². The van der Waals surface area contributed by atoms with E-state index < -0.39 is 0 Å². The van der Waals surface area contributed by atoms with Gasteiger partial charge in [-0.2, -0.15) is 11.8 Å². The zero-order valence-corrected chi connectivity index (χ0v) is 13.4. The molecule has 1 saturated heterocycles. The molecule has 1 rings (SSSR count). The summed E-state index contributed by atoms with van der Waals surface area (Å²) in [5, 5.41) is 3.14. The number of guanidine groups is 1. The first-order valence-corrected chi connectivity index (χ1v) is 6.82. The third kappa shape index (κ3) is 6.18. The molecule has 3 nitrogen and oxygen atoms in total. The molecule has 3 N–H and O–H groups in total. The van der Waals surface area contributed by atoms with Crippen LogP contribution in [0.5, 0.6) is 0 Å². The van der Waals surface area contributed by atoms with Gasteiger partial charge in [0, 0.05) is 11.3 Å². The van der Waals surface area contributed by atoms with Crippen molar-refractivity contribution >= 4 is 41.7 Å². The van der Waals surface area contributed by atoms with E-state index in [-0.39, 0.29) is 24.0 Å². The Morgan fingerprint density at radius 3 is 2.88 bits per heavy atom. The normalized spacial score (nSPS) is 25.2. The Hall–Kier alpha value is 0.350. The maximum absolute atomic E-state index is 5.78. The number of nitrogens with one attached hydrogen (secondary N) is 1. The van der Waals surface area contributed by atoms with Gasteiger partial charge in [-0.25, -0.2) is 0 Å². The summed E-state index contributed by atoms with van der Waals surface area (Å²) in [5.41, 5.74) is 5.78. The van der Waals surface area contributed by atoms with E-state index in [1.54, 1.807) is 0 Å². The first kappa shape index (κ1) is 16.4. The highest BCUT2D eigenvalue weighted by molar-refractivity contribution is 14.0. The van der Waals surface area contributed by atoms with Crippen molar-refractivity contribution in [1.82, 2.24) is 5.32 Å². The molecule has 1 aliphatic heterocycles. The molecule has 0 bridgehead atoms. The average Bonchev–Trinajstić information content (AvgIpc) is 2.64. The van der Waals surface area contributed by atoms with Crippen molar-refractivity contribution < 1.29 is 0 Å². The van der Waals surface area contributed by atoms with Gasteiger partial charge in [0.25, 0.3) is 0 Å². The Labute approximate surface area is 120 Å². The smallest absolute Gasteiger partial charge is 0.188 e. The lowest BCUT2D eigenvalue weighted by atomic mass is 10.1. The van der Waals surface area contributed by atoms with Crippen molar-refractivity contribution in [1.29, 1.82) is 0 Å². The van der Waals surface area contributed by atoms with Crippen molar-refractivity contribution in [3.8, 4) is 0 Å². The van der Waals surface area contributed by atoms with Crippen molar-refractivity contribution in [3.05, 3.63) is 0 Å². The lowest BCUT2D eigenvalue weighted by Crippen LogP contribution is -2.34. The quantitative estimate of drug-likeness (QED) is 0.344. The van der Waals surface area contributed by atoms with Gasteiger partial charge in [-0.05, 0) is 31.9 Å². The van der Waals surface area contributed by atoms with Gasteiger partial charge in [0.05, 0.1) is 6.54 Å². The van der Waals surface area contributed by atoms with Gasteiger partial charge >= 0.3 is 0 Å². The van der Waals surface area contributed by atoms with E-state index in [1.807, 2.05) is 11.8 Å². The second kappa shape index (κ2) is 8.44. The van der Waals surface area contributed by atoms with Crippen LogP contribution in [0, 0.1) is 0 Å². The fourth-order valence-corrected chi connectivity index (χ4v) is 2.89. The van der Waals surface area contributed by atoms with Crippen LogP contribution in [0.2, 0.25) is 0 Å². The fourth-order valence-electron chi connectivity index (χ4n) is 1.66. The molecular weight excluding hydrogens is 333 g/mol. The molecular formula is C11H24IN3S. The maximum atomic E-state index is 5.78. The van der Waals surface area contributed by atoms with Gasteiger partial charge in [0.1, 0.15) is 0 Å². The second-order valence-corrected chi connectivity index (χ2v) is 6.07. The van der Waals surface area contributed by atoms with Crippen LogP contribution in [0.4, 0.5) is 0 Å². The SMILES string of the molecule is CCCCNC(N)=NCC1(C)CCCS1.I. The predicted molar refractivity (Wildman–Crippen MR) is 84.9 cm³/mol. The summed E-state index contributed by atoms with van der Waals surface area (Å²) in [6.45, 7) is 6.25. The molecule has 0 radical (unpaired) electrons. The molecule has 0 spiro atoms. The average molecular weight is 357 g/mol. The van der Waals surface area contributed by atoms with E-state index in [4.69, 9.17) is 5.73 Å². The van der Waals surface area contributed by atoms with Crippen LogP contribution in [-0.2, 0) is 0 Å². The Bertz CT molecular complexity index is 215.